The van der Waals surface area contributed by atoms with Gasteiger partial charge in [-0.3, -0.25) is 8.98 Å². The van der Waals surface area contributed by atoms with Gasteiger partial charge in [0, 0.05) is 6.42 Å². The van der Waals surface area contributed by atoms with Crippen LogP contribution in [0.15, 0.2) is 12.2 Å². The molecule has 1 fully saturated rings. The Balaban J connectivity index is 2.63. The fraction of sp³-hybridized carbons (Fsp3) is 0.906. The summed E-state index contributed by atoms with van der Waals surface area (Å²) in [5.74, 6) is -0.217. The summed E-state index contributed by atoms with van der Waals surface area (Å²) in [7, 11) is 0. The van der Waals surface area contributed by atoms with Crippen molar-refractivity contribution in [1.29, 1.82) is 0 Å². The van der Waals surface area contributed by atoms with E-state index in [-0.39, 0.29) is 24.8 Å². The van der Waals surface area contributed by atoms with Gasteiger partial charge in [0.05, 0.1) is 25.4 Å². The Morgan fingerprint density at radius 2 is 1.47 bits per heavy atom. The van der Waals surface area contributed by atoms with Crippen molar-refractivity contribution >= 4 is 18.2 Å². The van der Waals surface area contributed by atoms with Gasteiger partial charge >= 0.3 is 0 Å². The second kappa shape index (κ2) is 28.2. The molecule has 1 heterocycles. The SMILES string of the molecule is CCCCCCCCCCCCCC=C[C@@H](O)[C@H](COC1OC(CO)C(O)C(OSOOO)C1O)NC(=O)CCCCCCC. The lowest BCUT2D eigenvalue weighted by molar-refractivity contribution is -0.435. The number of hydrogen-bond donors (Lipinski definition) is 6. The molecule has 0 aromatic heterocycles. The first-order valence-corrected chi connectivity index (χ1v) is 17.7. The molecule has 1 amide bonds. The predicted octanol–water partition coefficient (Wildman–Crippen LogP) is 5.28. The molecule has 45 heavy (non-hydrogen) atoms. The Labute approximate surface area is 274 Å². The summed E-state index contributed by atoms with van der Waals surface area (Å²) in [6.07, 6.45) is 15.6. The number of ether oxygens (including phenoxy) is 2. The lowest BCUT2D eigenvalue weighted by Crippen LogP contribution is -2.60. The predicted molar refractivity (Wildman–Crippen MR) is 173 cm³/mol. The molecule has 6 N–H and O–H groups in total. The van der Waals surface area contributed by atoms with E-state index >= 15 is 0 Å². The standard InChI is InChI=1S/C32H61NO11S/c1-3-5-7-9-10-11-12-13-14-15-16-18-19-21-26(35)25(33-28(36)22-20-17-8-6-4-2)24-40-32-30(38)31(42-45-44-43-39)29(37)27(23-34)41-32/h19,21,25-27,29-32,34-35,37-39H,3-18,20,22-24H2,1-2H3,(H,33,36)/t25-,26+,27?,29?,30?,31?,32?/m0/s1. The second-order valence-electron chi connectivity index (χ2n) is 11.9. The Morgan fingerprint density at radius 3 is 2.04 bits per heavy atom. The molecule has 0 saturated carbocycles. The number of aliphatic hydroxyl groups is 4. The third-order valence-corrected chi connectivity index (χ3v) is 8.46. The Kier molecular flexibility index (Phi) is 26.4. The van der Waals surface area contributed by atoms with Crippen LogP contribution >= 0.6 is 12.3 Å². The summed E-state index contributed by atoms with van der Waals surface area (Å²) >= 11 is 0.163. The smallest absolute Gasteiger partial charge is 0.220 e. The third kappa shape index (κ3) is 19.5. The number of carbonyl (C=O) groups is 1. The van der Waals surface area contributed by atoms with Gasteiger partial charge < -0.3 is 35.2 Å². The molecule has 1 aliphatic heterocycles. The zero-order chi connectivity index (χ0) is 33.1. The number of unbranched alkanes of at least 4 members (excludes halogenated alkanes) is 15. The lowest BCUT2D eigenvalue weighted by Gasteiger charge is -2.41. The van der Waals surface area contributed by atoms with E-state index in [1.807, 2.05) is 6.08 Å². The summed E-state index contributed by atoms with van der Waals surface area (Å²) in [5.41, 5.74) is 0. The summed E-state index contributed by atoms with van der Waals surface area (Å²) in [5, 5.41) is 56.3. The quantitative estimate of drug-likeness (QED) is 0.0201. The highest BCUT2D eigenvalue weighted by atomic mass is 32.2. The Hall–Kier alpha value is -0.840. The van der Waals surface area contributed by atoms with Gasteiger partial charge in [0.1, 0.15) is 24.4 Å². The normalized spacial score (nSPS) is 23.4. The average molecular weight is 668 g/mol. The fourth-order valence-electron chi connectivity index (χ4n) is 5.27. The maximum Gasteiger partial charge on any atom is 0.220 e. The summed E-state index contributed by atoms with van der Waals surface area (Å²) in [6.45, 7) is 3.54. The second-order valence-corrected chi connectivity index (χ2v) is 12.4. The average Bonchev–Trinajstić information content (AvgIpc) is 3.03. The van der Waals surface area contributed by atoms with Crippen molar-refractivity contribution in [2.45, 2.75) is 172 Å². The number of hydrogen-bond acceptors (Lipinski definition) is 12. The number of aliphatic hydroxyl groups excluding tert-OH is 4. The van der Waals surface area contributed by atoms with Gasteiger partial charge in [-0.2, -0.15) is 0 Å². The van der Waals surface area contributed by atoms with Crippen molar-refractivity contribution in [1.82, 2.24) is 5.32 Å². The molecule has 13 heteroatoms. The number of amides is 1. The number of rotatable bonds is 29. The van der Waals surface area contributed by atoms with E-state index in [9.17, 15) is 25.2 Å². The zero-order valence-corrected chi connectivity index (χ0v) is 28.2. The first kappa shape index (κ1) is 42.2. The minimum absolute atomic E-state index is 0.163. The topological polar surface area (TPSA) is 176 Å². The van der Waals surface area contributed by atoms with Gasteiger partial charge in [0.25, 0.3) is 0 Å². The Bertz CT molecular complexity index is 735. The van der Waals surface area contributed by atoms with Crippen LogP contribution in [-0.2, 0) is 27.8 Å². The van der Waals surface area contributed by atoms with Crippen LogP contribution in [0.4, 0.5) is 0 Å². The van der Waals surface area contributed by atoms with Gasteiger partial charge in [-0.15, -0.1) is 4.33 Å². The number of carbonyl (C=O) groups excluding carboxylic acids is 1. The molecule has 0 spiro atoms. The van der Waals surface area contributed by atoms with Gasteiger partial charge in [0.2, 0.25) is 5.91 Å². The van der Waals surface area contributed by atoms with Crippen molar-refractivity contribution in [3.8, 4) is 0 Å². The molecule has 0 aromatic carbocycles. The van der Waals surface area contributed by atoms with E-state index in [2.05, 4.69) is 28.5 Å². The van der Waals surface area contributed by atoms with Crippen LogP contribution in [0.5, 0.6) is 0 Å². The van der Waals surface area contributed by atoms with Crippen LogP contribution in [0.1, 0.15) is 129 Å². The van der Waals surface area contributed by atoms with Gasteiger partial charge in [-0.05, 0) is 19.3 Å². The number of allylic oxidation sites excluding steroid dienone is 1. The maximum absolute atomic E-state index is 12.7. The highest BCUT2D eigenvalue weighted by Crippen LogP contribution is 2.28. The van der Waals surface area contributed by atoms with Crippen LogP contribution in [0.25, 0.3) is 0 Å². The van der Waals surface area contributed by atoms with Crippen molar-refractivity contribution in [2.75, 3.05) is 13.2 Å². The van der Waals surface area contributed by atoms with E-state index in [4.69, 9.17) is 18.9 Å². The largest absolute Gasteiger partial charge is 0.394 e. The van der Waals surface area contributed by atoms with Crippen molar-refractivity contribution in [3.63, 3.8) is 0 Å². The summed E-state index contributed by atoms with van der Waals surface area (Å²) in [6, 6.07) is -0.836. The van der Waals surface area contributed by atoms with Gasteiger partial charge in [-0.25, -0.2) is 5.26 Å². The molecule has 1 aliphatic rings. The first-order chi connectivity index (χ1) is 21.9. The molecule has 0 radical (unpaired) electrons. The molecule has 1 saturated heterocycles. The summed E-state index contributed by atoms with van der Waals surface area (Å²) < 4.78 is 20.6. The molecule has 12 nitrogen and oxygen atoms in total. The zero-order valence-electron chi connectivity index (χ0n) is 27.4. The molecular weight excluding hydrogens is 606 g/mol. The van der Waals surface area contributed by atoms with Crippen molar-refractivity contribution in [3.05, 3.63) is 12.2 Å². The van der Waals surface area contributed by atoms with Gasteiger partial charge in [-0.1, -0.05) is 121 Å². The molecule has 5 unspecified atom stereocenters. The fourth-order valence-corrected chi connectivity index (χ4v) is 5.64. The molecular formula is C32H61NO11S. The van der Waals surface area contributed by atoms with E-state index in [0.717, 1.165) is 51.4 Å². The number of nitrogens with one attached hydrogen (secondary N) is 1. The van der Waals surface area contributed by atoms with Crippen LogP contribution in [0.2, 0.25) is 0 Å². The third-order valence-electron chi connectivity index (χ3n) is 8.04. The van der Waals surface area contributed by atoms with Crippen molar-refractivity contribution in [2.24, 2.45) is 0 Å². The van der Waals surface area contributed by atoms with Crippen LogP contribution in [0.3, 0.4) is 0 Å². The summed E-state index contributed by atoms with van der Waals surface area (Å²) in [4.78, 5) is 12.7. The molecule has 0 aromatic rings. The van der Waals surface area contributed by atoms with Crippen LogP contribution in [-0.4, -0.2) is 87.7 Å². The molecule has 7 atom stereocenters. The monoisotopic (exact) mass is 667 g/mol. The minimum atomic E-state index is -1.54. The van der Waals surface area contributed by atoms with E-state index in [1.165, 1.54) is 57.8 Å². The molecule has 0 aliphatic carbocycles. The van der Waals surface area contributed by atoms with Crippen LogP contribution in [0, 0.1) is 0 Å². The Morgan fingerprint density at radius 1 is 0.889 bits per heavy atom. The van der Waals surface area contributed by atoms with E-state index < -0.39 is 49.5 Å². The van der Waals surface area contributed by atoms with E-state index in [0.29, 0.717) is 6.42 Å². The highest BCUT2D eigenvalue weighted by molar-refractivity contribution is 7.89. The molecule has 1 rings (SSSR count). The van der Waals surface area contributed by atoms with Crippen LogP contribution < -0.4 is 5.32 Å². The maximum atomic E-state index is 12.7. The first-order valence-electron chi connectivity index (χ1n) is 17.1. The molecule has 266 valence electrons. The van der Waals surface area contributed by atoms with E-state index in [1.54, 1.807) is 6.08 Å². The lowest BCUT2D eigenvalue weighted by atomic mass is 9.99. The minimum Gasteiger partial charge on any atom is -0.394 e. The highest BCUT2D eigenvalue weighted by Gasteiger charge is 2.46. The van der Waals surface area contributed by atoms with Crippen molar-refractivity contribution < 1.29 is 53.5 Å². The van der Waals surface area contributed by atoms with Gasteiger partial charge in [0.15, 0.2) is 18.6 Å². The molecule has 0 bridgehead atoms.